The van der Waals surface area contributed by atoms with Gasteiger partial charge in [-0.1, -0.05) is 42.3 Å². The first-order valence-corrected chi connectivity index (χ1v) is 10.4. The summed E-state index contributed by atoms with van der Waals surface area (Å²) < 4.78 is 10.3. The number of fused-ring (bicyclic) bond motifs is 2. The zero-order valence-corrected chi connectivity index (χ0v) is 17.8. The van der Waals surface area contributed by atoms with Crippen LogP contribution < -0.4 is 0 Å². The SMILES string of the molecule is CCOC(=O)c1cc(C(=O)OCC)c2ccc(C#Cc3cc4cccccc-4n3)ccc1-2. The largest absolute Gasteiger partial charge is 0.462 e. The minimum absolute atomic E-state index is 0.245. The van der Waals surface area contributed by atoms with Gasteiger partial charge in [-0.3, -0.25) is 0 Å². The fraction of sp³-hybridized carbons (Fsp3) is 0.148. The molecule has 0 aromatic rings. The van der Waals surface area contributed by atoms with Gasteiger partial charge in [-0.15, -0.1) is 0 Å². The number of hydrogen-bond donors (Lipinski definition) is 0. The summed E-state index contributed by atoms with van der Waals surface area (Å²) in [5.74, 6) is 5.25. The van der Waals surface area contributed by atoms with Crippen LogP contribution in [0.25, 0.3) is 22.4 Å². The number of aromatic nitrogens is 1. The molecule has 0 aromatic heterocycles. The zero-order chi connectivity index (χ0) is 22.5. The van der Waals surface area contributed by atoms with E-state index in [4.69, 9.17) is 9.47 Å². The number of hydrogen-bond acceptors (Lipinski definition) is 5. The number of esters is 2. The predicted octanol–water partition coefficient (Wildman–Crippen LogP) is 5.04. The summed E-state index contributed by atoms with van der Waals surface area (Å²) in [6.45, 7) is 3.97. The van der Waals surface area contributed by atoms with Crippen molar-refractivity contribution >= 4 is 11.9 Å². The van der Waals surface area contributed by atoms with E-state index in [0.29, 0.717) is 27.9 Å². The maximum atomic E-state index is 12.4. The minimum Gasteiger partial charge on any atom is -0.462 e. The van der Waals surface area contributed by atoms with Gasteiger partial charge in [0.2, 0.25) is 0 Å². The Kier molecular flexibility index (Phi) is 6.14. The Bertz CT molecular complexity index is 1210. The monoisotopic (exact) mass is 423 g/mol. The van der Waals surface area contributed by atoms with Crippen LogP contribution in [0.5, 0.6) is 0 Å². The number of nitrogens with zero attached hydrogens (tertiary/aromatic N) is 1. The molecule has 0 spiro atoms. The molecule has 0 radical (unpaired) electrons. The molecule has 0 amide bonds. The topological polar surface area (TPSA) is 65.5 Å². The second kappa shape index (κ2) is 9.32. The molecule has 3 aliphatic carbocycles. The molecule has 0 saturated heterocycles. The fourth-order valence-electron chi connectivity index (χ4n) is 3.47. The van der Waals surface area contributed by atoms with Crippen LogP contribution in [-0.2, 0) is 9.47 Å². The molecule has 0 bridgehead atoms. The minimum atomic E-state index is -0.479. The zero-order valence-electron chi connectivity index (χ0n) is 17.8. The van der Waals surface area contributed by atoms with Crippen molar-refractivity contribution in [2.24, 2.45) is 0 Å². The Morgan fingerprint density at radius 3 is 2.03 bits per heavy atom. The van der Waals surface area contributed by atoms with E-state index >= 15 is 0 Å². The smallest absolute Gasteiger partial charge is 0.338 e. The molecule has 158 valence electrons. The molecule has 5 nitrogen and oxygen atoms in total. The Hall–Kier alpha value is -4.17. The third-order valence-corrected chi connectivity index (χ3v) is 4.92. The predicted molar refractivity (Wildman–Crippen MR) is 122 cm³/mol. The normalized spacial score (nSPS) is 10.4. The molecule has 0 saturated carbocycles. The van der Waals surface area contributed by atoms with Crippen molar-refractivity contribution in [1.82, 2.24) is 4.98 Å². The molecule has 4 aliphatic rings. The van der Waals surface area contributed by atoms with Gasteiger partial charge in [0, 0.05) is 11.1 Å². The molecule has 0 aromatic carbocycles. The molecule has 0 unspecified atom stereocenters. The molecule has 4 rings (SSSR count). The van der Waals surface area contributed by atoms with Crippen molar-refractivity contribution in [3.8, 4) is 34.2 Å². The van der Waals surface area contributed by atoms with Gasteiger partial charge in [-0.25, -0.2) is 14.6 Å². The lowest BCUT2D eigenvalue weighted by Gasteiger charge is -2.02. The van der Waals surface area contributed by atoms with Gasteiger partial charge < -0.3 is 9.47 Å². The van der Waals surface area contributed by atoms with E-state index in [1.54, 1.807) is 26.0 Å². The van der Waals surface area contributed by atoms with Crippen LogP contribution >= 0.6 is 0 Å². The quantitative estimate of drug-likeness (QED) is 0.340. The van der Waals surface area contributed by atoms with E-state index in [2.05, 4.69) is 16.8 Å². The number of rotatable bonds is 4. The number of carbonyl (C=O) groups excluding carboxylic acids is 2. The van der Waals surface area contributed by atoms with Crippen LogP contribution in [-0.4, -0.2) is 30.1 Å². The molecule has 1 heterocycles. The van der Waals surface area contributed by atoms with Crippen LogP contribution in [0.1, 0.15) is 45.8 Å². The Balaban J connectivity index is 1.75. The third kappa shape index (κ3) is 4.30. The number of carbonyl (C=O) groups is 2. The lowest BCUT2D eigenvalue weighted by atomic mass is 10.1. The fourth-order valence-corrected chi connectivity index (χ4v) is 3.47. The van der Waals surface area contributed by atoms with Crippen molar-refractivity contribution in [3.63, 3.8) is 0 Å². The van der Waals surface area contributed by atoms with Crippen LogP contribution in [0, 0.1) is 11.8 Å². The van der Waals surface area contributed by atoms with E-state index in [1.807, 2.05) is 48.5 Å². The summed E-state index contributed by atoms with van der Waals surface area (Å²) in [7, 11) is 0. The van der Waals surface area contributed by atoms with Crippen LogP contribution in [0.2, 0.25) is 0 Å². The van der Waals surface area contributed by atoms with Crippen molar-refractivity contribution in [2.45, 2.75) is 13.8 Å². The lowest BCUT2D eigenvalue weighted by molar-refractivity contribution is 0.0525. The molecular weight excluding hydrogens is 402 g/mol. The van der Waals surface area contributed by atoms with E-state index in [9.17, 15) is 9.59 Å². The second-order valence-electron chi connectivity index (χ2n) is 7.00. The molecule has 1 aliphatic heterocycles. The first-order valence-electron chi connectivity index (χ1n) is 10.4. The first-order chi connectivity index (χ1) is 15.6. The van der Waals surface area contributed by atoms with Crippen molar-refractivity contribution in [3.05, 3.63) is 89.1 Å². The van der Waals surface area contributed by atoms with Crippen molar-refractivity contribution in [1.29, 1.82) is 0 Å². The molecule has 5 heteroatoms. The van der Waals surface area contributed by atoms with Gasteiger partial charge in [0.25, 0.3) is 0 Å². The molecular formula is C27H21NO4. The van der Waals surface area contributed by atoms with E-state index in [-0.39, 0.29) is 13.2 Å². The Morgan fingerprint density at radius 2 is 1.41 bits per heavy atom. The van der Waals surface area contributed by atoms with Crippen LogP contribution in [0.15, 0.2) is 66.7 Å². The molecule has 0 N–H and O–H groups in total. The van der Waals surface area contributed by atoms with E-state index in [0.717, 1.165) is 16.8 Å². The summed E-state index contributed by atoms with van der Waals surface area (Å²) in [6.07, 6.45) is 0. The van der Waals surface area contributed by atoms with Crippen LogP contribution in [0.4, 0.5) is 0 Å². The summed E-state index contributed by atoms with van der Waals surface area (Å²) in [4.78, 5) is 29.4. The van der Waals surface area contributed by atoms with Gasteiger partial charge in [0.1, 0.15) is 5.69 Å². The van der Waals surface area contributed by atoms with Gasteiger partial charge in [-0.2, -0.15) is 0 Å². The Labute approximate surface area is 186 Å². The third-order valence-electron chi connectivity index (χ3n) is 4.92. The summed E-state index contributed by atoms with van der Waals surface area (Å²) in [5.41, 5.74) is 5.20. The maximum absolute atomic E-state index is 12.4. The standard InChI is InChI=1S/C27H21NO4/c1-3-31-26(29)23-17-24(27(30)32-4-2)22-15-12-18(11-14-21(22)23)10-13-20-16-19-8-6-5-7-9-25(19)28-20/h5-9,11-12,14-17H,3-4H2,1-2H3. The van der Waals surface area contributed by atoms with Gasteiger partial charge in [-0.05, 0) is 61.2 Å². The Morgan fingerprint density at radius 1 is 0.781 bits per heavy atom. The van der Waals surface area contributed by atoms with Crippen molar-refractivity contribution in [2.75, 3.05) is 13.2 Å². The highest BCUT2D eigenvalue weighted by molar-refractivity contribution is 6.08. The van der Waals surface area contributed by atoms with Gasteiger partial charge in [0.15, 0.2) is 0 Å². The summed E-state index contributed by atoms with van der Waals surface area (Å²) in [5, 5.41) is 0. The molecule has 0 fully saturated rings. The summed E-state index contributed by atoms with van der Waals surface area (Å²) >= 11 is 0. The average Bonchev–Trinajstić information content (AvgIpc) is 3.18. The van der Waals surface area contributed by atoms with E-state index < -0.39 is 11.9 Å². The van der Waals surface area contributed by atoms with Crippen LogP contribution in [0.3, 0.4) is 0 Å². The maximum Gasteiger partial charge on any atom is 0.338 e. The first kappa shape index (κ1) is 21.1. The molecule has 32 heavy (non-hydrogen) atoms. The second-order valence-corrected chi connectivity index (χ2v) is 7.00. The number of ether oxygens (including phenoxy) is 2. The highest BCUT2D eigenvalue weighted by Crippen LogP contribution is 2.33. The van der Waals surface area contributed by atoms with E-state index in [1.165, 1.54) is 6.07 Å². The lowest BCUT2D eigenvalue weighted by Crippen LogP contribution is -2.05. The highest BCUT2D eigenvalue weighted by Gasteiger charge is 2.25. The van der Waals surface area contributed by atoms with Gasteiger partial charge >= 0.3 is 11.9 Å². The highest BCUT2D eigenvalue weighted by atomic mass is 16.5. The summed E-state index contributed by atoms with van der Waals surface area (Å²) in [6, 6.07) is 20.5. The molecule has 0 atom stereocenters. The van der Waals surface area contributed by atoms with Crippen molar-refractivity contribution < 1.29 is 19.1 Å². The average molecular weight is 423 g/mol. The van der Waals surface area contributed by atoms with Gasteiger partial charge in [0.05, 0.1) is 30.0 Å².